The Kier molecular flexibility index (Phi) is 9.97. The molecule has 1 aliphatic rings. The van der Waals surface area contributed by atoms with Crippen LogP contribution >= 0.6 is 0 Å². The summed E-state index contributed by atoms with van der Waals surface area (Å²) in [6, 6.07) is 62.8. The van der Waals surface area contributed by atoms with E-state index in [1.54, 1.807) is 0 Å². The number of para-hydroxylation sites is 2. The molecule has 0 unspecified atom stereocenters. The molecule has 2 heterocycles. The summed E-state index contributed by atoms with van der Waals surface area (Å²) in [5, 5.41) is 11.8. The quantitative estimate of drug-likeness (QED) is 0.162. The number of rotatable bonds is 7. The standard InChI is InChI=1S/C52H38N3O.Pt/c56-50-34-39-22-11-10-21-38(39)32-46(50)52-54-51-45(24-14-26-49(51)55(52)48-25-13-12-23-44(48)37-19-8-3-9-20-37)42-29-41(36-17-6-2-7-18-36)30-43(31-42)47-33-40(27-28-53-47)35-15-4-1-5-16-35;/h1-9,12-20,23-30,32-34,56H,10-11,21-22H2;/q-1;. The maximum Gasteiger partial charge on any atom is 0.148 e. The fraction of sp³-hybridized carbons (Fsp3) is 0.0769. The number of aromatic nitrogens is 3. The van der Waals surface area contributed by atoms with Gasteiger partial charge >= 0.3 is 0 Å². The summed E-state index contributed by atoms with van der Waals surface area (Å²) in [6.07, 6.45) is 6.15. The molecule has 0 aliphatic heterocycles. The second-order valence-corrected chi connectivity index (χ2v) is 14.5. The second-order valence-electron chi connectivity index (χ2n) is 14.5. The monoisotopic (exact) mass is 915 g/mol. The first-order chi connectivity index (χ1) is 27.7. The zero-order valence-corrected chi connectivity index (χ0v) is 33.4. The van der Waals surface area contributed by atoms with E-state index in [0.717, 1.165) is 104 Å². The molecular formula is C52H38N3OPt-. The van der Waals surface area contributed by atoms with Gasteiger partial charge in [-0.15, -0.1) is 23.8 Å². The van der Waals surface area contributed by atoms with Crippen molar-refractivity contribution in [2.24, 2.45) is 0 Å². The van der Waals surface area contributed by atoms with Crippen LogP contribution in [-0.2, 0) is 33.9 Å². The third kappa shape index (κ3) is 6.92. The average Bonchev–Trinajstić information content (AvgIpc) is 3.66. The van der Waals surface area contributed by atoms with E-state index in [0.29, 0.717) is 5.82 Å². The summed E-state index contributed by atoms with van der Waals surface area (Å²) in [5.41, 5.74) is 16.3. The summed E-state index contributed by atoms with van der Waals surface area (Å²) >= 11 is 0. The number of benzene rings is 7. The molecular weight excluding hydrogens is 878 g/mol. The van der Waals surface area contributed by atoms with E-state index >= 15 is 0 Å². The molecule has 0 spiro atoms. The van der Waals surface area contributed by atoms with Crippen LogP contribution in [0.2, 0.25) is 0 Å². The Morgan fingerprint density at radius 1 is 0.509 bits per heavy atom. The molecule has 0 amide bonds. The van der Waals surface area contributed by atoms with Crippen molar-refractivity contribution in [1.82, 2.24) is 14.5 Å². The Balaban J connectivity index is 0.00000422. The fourth-order valence-corrected chi connectivity index (χ4v) is 8.26. The van der Waals surface area contributed by atoms with E-state index in [4.69, 9.17) is 9.97 Å². The molecule has 0 bridgehead atoms. The molecule has 7 aromatic carbocycles. The van der Waals surface area contributed by atoms with Crippen molar-refractivity contribution in [2.45, 2.75) is 25.7 Å². The summed E-state index contributed by atoms with van der Waals surface area (Å²) in [6.45, 7) is 0. The molecule has 278 valence electrons. The summed E-state index contributed by atoms with van der Waals surface area (Å²) < 4.78 is 2.23. The Morgan fingerprint density at radius 3 is 1.86 bits per heavy atom. The molecule has 0 fully saturated rings. The SMILES string of the molecule is Oc1cc2c(cc1-c1nc3c(-c4[c-]c(-c5cc(-c6ccccc6)ccn5)cc(-c5ccccc5)c4)cccc3n1-c1ccccc1-c1ccccc1)CCCC2.[Pt]. The minimum atomic E-state index is 0. The number of pyridine rings is 1. The maximum absolute atomic E-state index is 11.8. The van der Waals surface area contributed by atoms with Gasteiger partial charge in [-0.05, 0) is 89.4 Å². The Hall–Kier alpha value is -6.35. The molecule has 0 radical (unpaired) electrons. The van der Waals surface area contributed by atoms with Gasteiger partial charge in [0.1, 0.15) is 11.6 Å². The van der Waals surface area contributed by atoms with Crippen LogP contribution in [0.15, 0.2) is 176 Å². The molecule has 2 aromatic heterocycles. The van der Waals surface area contributed by atoms with Gasteiger partial charge in [-0.2, -0.15) is 0 Å². The van der Waals surface area contributed by atoms with Gasteiger partial charge in [0, 0.05) is 38.5 Å². The van der Waals surface area contributed by atoms with Gasteiger partial charge < -0.3 is 5.11 Å². The van der Waals surface area contributed by atoms with Gasteiger partial charge in [-0.3, -0.25) is 9.55 Å². The van der Waals surface area contributed by atoms with E-state index in [1.807, 2.05) is 30.5 Å². The van der Waals surface area contributed by atoms with Gasteiger partial charge in [0.25, 0.3) is 0 Å². The molecule has 1 aliphatic carbocycles. The van der Waals surface area contributed by atoms with Gasteiger partial charge in [0.2, 0.25) is 0 Å². The van der Waals surface area contributed by atoms with Gasteiger partial charge in [0.05, 0.1) is 22.3 Å². The largest absolute Gasteiger partial charge is 0.507 e. The van der Waals surface area contributed by atoms with Crippen molar-refractivity contribution in [3.63, 3.8) is 0 Å². The van der Waals surface area contributed by atoms with Crippen LogP contribution in [0.5, 0.6) is 5.75 Å². The summed E-state index contributed by atoms with van der Waals surface area (Å²) in [5.74, 6) is 0.962. The predicted octanol–water partition coefficient (Wildman–Crippen LogP) is 12.8. The van der Waals surface area contributed by atoms with E-state index in [2.05, 4.69) is 156 Å². The Labute approximate surface area is 347 Å². The van der Waals surface area contributed by atoms with Crippen molar-refractivity contribution < 1.29 is 26.2 Å². The Bertz CT molecular complexity index is 2870. The van der Waals surface area contributed by atoms with E-state index < -0.39 is 0 Å². The third-order valence-corrected chi connectivity index (χ3v) is 11.0. The van der Waals surface area contributed by atoms with Crippen molar-refractivity contribution in [3.05, 3.63) is 193 Å². The topological polar surface area (TPSA) is 50.9 Å². The van der Waals surface area contributed by atoms with Crippen molar-refractivity contribution >= 4 is 11.0 Å². The van der Waals surface area contributed by atoms with Crippen LogP contribution < -0.4 is 0 Å². The first kappa shape index (κ1) is 36.3. The molecule has 9 aromatic rings. The number of phenols is 1. The minimum Gasteiger partial charge on any atom is -0.507 e. The van der Waals surface area contributed by atoms with E-state index in [9.17, 15) is 5.11 Å². The van der Waals surface area contributed by atoms with Crippen LogP contribution in [-0.4, -0.2) is 19.6 Å². The molecule has 57 heavy (non-hydrogen) atoms. The number of aromatic hydroxyl groups is 1. The molecule has 4 nitrogen and oxygen atoms in total. The molecule has 0 atom stereocenters. The number of phenolic OH excluding ortho intramolecular Hbond substituents is 1. The van der Waals surface area contributed by atoms with Crippen molar-refractivity contribution in [3.8, 4) is 78.6 Å². The first-order valence-corrected chi connectivity index (χ1v) is 19.3. The minimum absolute atomic E-state index is 0. The number of hydrogen-bond donors (Lipinski definition) is 1. The molecule has 0 saturated heterocycles. The molecule has 5 heteroatoms. The van der Waals surface area contributed by atoms with Crippen LogP contribution in [0.1, 0.15) is 24.0 Å². The number of fused-ring (bicyclic) bond motifs is 2. The van der Waals surface area contributed by atoms with Crippen LogP contribution in [0.3, 0.4) is 0 Å². The zero-order chi connectivity index (χ0) is 37.4. The van der Waals surface area contributed by atoms with Crippen LogP contribution in [0.4, 0.5) is 0 Å². The maximum atomic E-state index is 11.8. The second kappa shape index (κ2) is 15.7. The smallest absolute Gasteiger partial charge is 0.148 e. The van der Waals surface area contributed by atoms with Gasteiger partial charge in [-0.25, -0.2) is 4.98 Å². The first-order valence-electron chi connectivity index (χ1n) is 19.3. The predicted molar refractivity (Wildman–Crippen MR) is 229 cm³/mol. The van der Waals surface area contributed by atoms with Crippen LogP contribution in [0.25, 0.3) is 83.9 Å². The van der Waals surface area contributed by atoms with Crippen LogP contribution in [0, 0.1) is 6.07 Å². The molecule has 0 saturated carbocycles. The van der Waals surface area contributed by atoms with Gasteiger partial charge in [-0.1, -0.05) is 144 Å². The average molecular weight is 916 g/mol. The third-order valence-electron chi connectivity index (χ3n) is 11.0. The number of nitrogens with zero attached hydrogens (tertiary/aromatic N) is 3. The number of hydrogen-bond acceptors (Lipinski definition) is 3. The summed E-state index contributed by atoms with van der Waals surface area (Å²) in [4.78, 5) is 10.4. The Morgan fingerprint density at radius 2 is 1.12 bits per heavy atom. The normalized spacial score (nSPS) is 12.2. The fourth-order valence-electron chi connectivity index (χ4n) is 8.26. The molecule has 1 N–H and O–H groups in total. The van der Waals surface area contributed by atoms with E-state index in [1.165, 1.54) is 11.1 Å². The molecule has 10 rings (SSSR count). The van der Waals surface area contributed by atoms with E-state index in [-0.39, 0.29) is 26.8 Å². The van der Waals surface area contributed by atoms with Gasteiger partial charge in [0.15, 0.2) is 0 Å². The summed E-state index contributed by atoms with van der Waals surface area (Å²) in [7, 11) is 0. The van der Waals surface area contributed by atoms with Crippen molar-refractivity contribution in [2.75, 3.05) is 0 Å². The van der Waals surface area contributed by atoms with Crippen molar-refractivity contribution in [1.29, 1.82) is 0 Å². The number of aryl methyl sites for hydroxylation is 2. The zero-order valence-electron chi connectivity index (χ0n) is 31.2. The number of imidazole rings is 1.